The molecule has 1 saturated carbocycles. The molecule has 2 N–H and O–H groups in total. The number of carbonyl (C=O) groups is 1. The third-order valence-corrected chi connectivity index (χ3v) is 3.87. The van der Waals surface area contributed by atoms with Crippen molar-refractivity contribution in [3.63, 3.8) is 0 Å². The van der Waals surface area contributed by atoms with Gasteiger partial charge in [-0.3, -0.25) is 4.79 Å². The lowest BCUT2D eigenvalue weighted by Crippen LogP contribution is -2.50. The van der Waals surface area contributed by atoms with E-state index in [2.05, 4.69) is 21.8 Å². The van der Waals surface area contributed by atoms with Crippen LogP contribution in [0, 0.1) is 0 Å². The highest BCUT2D eigenvalue weighted by Gasteiger charge is 2.45. The number of hydrogen-bond acceptors (Lipinski definition) is 3. The second kappa shape index (κ2) is 5.10. The second-order valence-corrected chi connectivity index (χ2v) is 4.92. The topological polar surface area (TPSA) is 67.2 Å². The minimum Gasteiger partial charge on any atom is -0.480 e. The molecule has 0 saturated heterocycles. The van der Waals surface area contributed by atoms with Gasteiger partial charge in [-0.25, -0.2) is 4.98 Å². The lowest BCUT2D eigenvalue weighted by atomic mass is 9.97. The fourth-order valence-electron chi connectivity index (χ4n) is 2.98. The molecular formula is C13H21N3O2. The van der Waals surface area contributed by atoms with Crippen LogP contribution < -0.4 is 5.32 Å². The monoisotopic (exact) mass is 251 g/mol. The molecule has 18 heavy (non-hydrogen) atoms. The van der Waals surface area contributed by atoms with Crippen molar-refractivity contribution < 1.29 is 9.90 Å². The molecule has 1 heterocycles. The van der Waals surface area contributed by atoms with Gasteiger partial charge in [-0.05, 0) is 25.8 Å². The molecule has 5 heteroatoms. The lowest BCUT2D eigenvalue weighted by Gasteiger charge is -2.25. The first-order valence-corrected chi connectivity index (χ1v) is 6.63. The number of nitrogens with one attached hydrogen (secondary N) is 1. The standard InChI is InChI=1S/C13H21N3O2/c1-3-11-14-7-8-16(11)10-5-6-13(9-10,12(17)18)15-4-2/h7-8,10,15H,3-6,9H2,1-2H3,(H,17,18). The predicted octanol–water partition coefficient (Wildman–Crippen LogP) is 1.60. The first-order chi connectivity index (χ1) is 8.63. The molecule has 1 aromatic heterocycles. The number of carboxylic acids is 1. The summed E-state index contributed by atoms with van der Waals surface area (Å²) < 4.78 is 2.14. The first kappa shape index (κ1) is 13.1. The molecule has 5 nitrogen and oxygen atoms in total. The first-order valence-electron chi connectivity index (χ1n) is 6.63. The summed E-state index contributed by atoms with van der Waals surface area (Å²) in [6.45, 7) is 4.71. The van der Waals surface area contributed by atoms with Gasteiger partial charge >= 0.3 is 5.97 Å². The Hall–Kier alpha value is -1.36. The third kappa shape index (κ3) is 2.14. The zero-order chi connectivity index (χ0) is 13.2. The Balaban J connectivity index is 2.18. The van der Waals surface area contributed by atoms with E-state index in [1.165, 1.54) is 0 Å². The van der Waals surface area contributed by atoms with Crippen molar-refractivity contribution in [3.8, 4) is 0 Å². The molecule has 100 valence electrons. The van der Waals surface area contributed by atoms with Crippen LogP contribution in [0.4, 0.5) is 0 Å². The Morgan fingerprint density at radius 2 is 2.44 bits per heavy atom. The maximum Gasteiger partial charge on any atom is 0.323 e. The number of rotatable bonds is 5. The average molecular weight is 251 g/mol. The van der Waals surface area contributed by atoms with Crippen molar-refractivity contribution >= 4 is 5.97 Å². The molecule has 1 aromatic rings. The summed E-state index contributed by atoms with van der Waals surface area (Å²) in [5.41, 5.74) is -0.755. The minimum atomic E-state index is -0.755. The zero-order valence-corrected chi connectivity index (χ0v) is 11.0. The number of imidazole rings is 1. The van der Waals surface area contributed by atoms with Crippen LogP contribution in [0.15, 0.2) is 12.4 Å². The number of hydrogen-bond donors (Lipinski definition) is 2. The van der Waals surface area contributed by atoms with E-state index >= 15 is 0 Å². The summed E-state index contributed by atoms with van der Waals surface area (Å²) in [5, 5.41) is 12.6. The van der Waals surface area contributed by atoms with Gasteiger partial charge in [0.15, 0.2) is 0 Å². The highest BCUT2D eigenvalue weighted by Crippen LogP contribution is 2.38. The van der Waals surface area contributed by atoms with Gasteiger partial charge in [0.05, 0.1) is 0 Å². The van der Waals surface area contributed by atoms with E-state index in [1.54, 1.807) is 6.20 Å². The van der Waals surface area contributed by atoms with Gasteiger partial charge < -0.3 is 15.0 Å². The third-order valence-electron chi connectivity index (χ3n) is 3.87. The SMILES string of the molecule is CCNC1(C(=O)O)CCC(n2ccnc2CC)C1. The molecule has 0 bridgehead atoms. The van der Waals surface area contributed by atoms with Gasteiger partial charge in [0, 0.05) is 24.9 Å². The van der Waals surface area contributed by atoms with Gasteiger partial charge in [0.25, 0.3) is 0 Å². The highest BCUT2D eigenvalue weighted by molar-refractivity contribution is 5.79. The van der Waals surface area contributed by atoms with Crippen molar-refractivity contribution in [2.24, 2.45) is 0 Å². The molecule has 2 atom stereocenters. The highest BCUT2D eigenvalue weighted by atomic mass is 16.4. The number of carboxylic acid groups (broad SMARTS) is 1. The molecule has 1 aliphatic rings. The Labute approximate surface area is 107 Å². The van der Waals surface area contributed by atoms with Crippen LogP contribution in [0.3, 0.4) is 0 Å². The molecule has 2 unspecified atom stereocenters. The van der Waals surface area contributed by atoms with Crippen LogP contribution in [0.2, 0.25) is 0 Å². The summed E-state index contributed by atoms with van der Waals surface area (Å²) in [6.07, 6.45) is 6.86. The van der Waals surface area contributed by atoms with Gasteiger partial charge in [-0.15, -0.1) is 0 Å². The Morgan fingerprint density at radius 1 is 1.67 bits per heavy atom. The molecule has 0 spiro atoms. The smallest absolute Gasteiger partial charge is 0.323 e. The van der Waals surface area contributed by atoms with E-state index in [1.807, 2.05) is 13.1 Å². The maximum absolute atomic E-state index is 11.5. The molecule has 0 amide bonds. The molecule has 0 aromatic carbocycles. The van der Waals surface area contributed by atoms with Crippen LogP contribution >= 0.6 is 0 Å². The second-order valence-electron chi connectivity index (χ2n) is 4.92. The summed E-state index contributed by atoms with van der Waals surface area (Å²) in [6, 6.07) is 0.248. The van der Waals surface area contributed by atoms with Crippen LogP contribution in [-0.2, 0) is 11.2 Å². The fraction of sp³-hybridized carbons (Fsp3) is 0.692. The molecule has 1 fully saturated rings. The van der Waals surface area contributed by atoms with E-state index < -0.39 is 11.5 Å². The molecule has 0 aliphatic heterocycles. The van der Waals surface area contributed by atoms with Gasteiger partial charge in [-0.1, -0.05) is 13.8 Å². The van der Waals surface area contributed by atoms with E-state index in [-0.39, 0.29) is 6.04 Å². The fourth-order valence-corrected chi connectivity index (χ4v) is 2.98. The van der Waals surface area contributed by atoms with Crippen LogP contribution in [0.5, 0.6) is 0 Å². The van der Waals surface area contributed by atoms with E-state index in [0.29, 0.717) is 19.4 Å². The predicted molar refractivity (Wildman–Crippen MR) is 68.5 cm³/mol. The van der Waals surface area contributed by atoms with Crippen molar-refractivity contribution in [2.45, 2.75) is 51.1 Å². The number of aromatic nitrogens is 2. The summed E-state index contributed by atoms with van der Waals surface area (Å²) in [7, 11) is 0. The molecular weight excluding hydrogens is 230 g/mol. The van der Waals surface area contributed by atoms with Gasteiger partial charge in [0.2, 0.25) is 0 Å². The van der Waals surface area contributed by atoms with Crippen molar-refractivity contribution in [2.75, 3.05) is 6.54 Å². The number of aliphatic carboxylic acids is 1. The lowest BCUT2D eigenvalue weighted by molar-refractivity contribution is -0.144. The van der Waals surface area contributed by atoms with E-state index in [9.17, 15) is 9.90 Å². The largest absolute Gasteiger partial charge is 0.480 e. The molecule has 1 aliphatic carbocycles. The van der Waals surface area contributed by atoms with Crippen molar-refractivity contribution in [1.29, 1.82) is 0 Å². The Bertz CT molecular complexity index is 430. The van der Waals surface area contributed by atoms with Crippen molar-refractivity contribution in [1.82, 2.24) is 14.9 Å². The van der Waals surface area contributed by atoms with Gasteiger partial charge in [-0.2, -0.15) is 0 Å². The maximum atomic E-state index is 11.5. The van der Waals surface area contributed by atoms with E-state index in [4.69, 9.17) is 0 Å². The van der Waals surface area contributed by atoms with Crippen LogP contribution in [-0.4, -0.2) is 32.7 Å². The summed E-state index contributed by atoms with van der Waals surface area (Å²) >= 11 is 0. The number of aryl methyl sites for hydroxylation is 1. The minimum absolute atomic E-state index is 0.248. The Kier molecular flexibility index (Phi) is 3.71. The zero-order valence-electron chi connectivity index (χ0n) is 11.0. The number of nitrogens with zero attached hydrogens (tertiary/aromatic N) is 2. The Morgan fingerprint density at radius 3 is 3.06 bits per heavy atom. The summed E-state index contributed by atoms with van der Waals surface area (Å²) in [5.74, 6) is 0.308. The molecule has 0 radical (unpaired) electrons. The van der Waals surface area contributed by atoms with Gasteiger partial charge in [0.1, 0.15) is 11.4 Å². The number of likely N-dealkylation sites (N-methyl/N-ethyl adjacent to an activating group) is 1. The van der Waals surface area contributed by atoms with Crippen LogP contribution in [0.25, 0.3) is 0 Å². The quantitative estimate of drug-likeness (QED) is 0.834. The van der Waals surface area contributed by atoms with Crippen LogP contribution in [0.1, 0.15) is 45.0 Å². The van der Waals surface area contributed by atoms with Crippen molar-refractivity contribution in [3.05, 3.63) is 18.2 Å². The molecule has 2 rings (SSSR count). The summed E-state index contributed by atoms with van der Waals surface area (Å²) in [4.78, 5) is 15.8. The average Bonchev–Trinajstić information content (AvgIpc) is 2.95. The van der Waals surface area contributed by atoms with E-state index in [0.717, 1.165) is 18.7 Å². The normalized spacial score (nSPS) is 27.6.